The summed E-state index contributed by atoms with van der Waals surface area (Å²) in [7, 11) is 3.70. The molecule has 1 unspecified atom stereocenters. The molecule has 1 aromatic heterocycles. The molecule has 1 aromatic carbocycles. The van der Waals surface area contributed by atoms with Crippen molar-refractivity contribution in [2.45, 2.75) is 25.4 Å². The fourth-order valence-electron chi connectivity index (χ4n) is 3.07. The van der Waals surface area contributed by atoms with Crippen molar-refractivity contribution < 1.29 is 18.3 Å². The number of carbonyl (C=O) groups excluding carboxylic acids is 1. The number of rotatable bonds is 5. The molecule has 0 radical (unpaired) electrons. The first-order valence-corrected chi connectivity index (χ1v) is 8.80. The molecule has 1 aliphatic rings. The van der Waals surface area contributed by atoms with E-state index >= 15 is 0 Å². The molecule has 1 saturated heterocycles. The Morgan fingerprint density at radius 1 is 1.30 bits per heavy atom. The van der Waals surface area contributed by atoms with Crippen LogP contribution < -0.4 is 9.64 Å². The van der Waals surface area contributed by atoms with Gasteiger partial charge >= 0.3 is 0 Å². The Morgan fingerprint density at radius 2 is 2.07 bits per heavy atom. The molecule has 144 valence electrons. The van der Waals surface area contributed by atoms with E-state index in [2.05, 4.69) is 9.97 Å². The van der Waals surface area contributed by atoms with Crippen LogP contribution >= 0.6 is 0 Å². The summed E-state index contributed by atoms with van der Waals surface area (Å²) < 4.78 is 32.8. The SMILES string of the molecule is CN(C)c1nccnc1OC1CCCN(C(=O)Cc2ccc(F)cc2F)C1. The lowest BCUT2D eigenvalue weighted by Gasteiger charge is -2.33. The molecule has 1 atom stereocenters. The average Bonchev–Trinajstić information content (AvgIpc) is 2.64. The van der Waals surface area contributed by atoms with E-state index in [4.69, 9.17) is 4.74 Å². The molecule has 1 aliphatic heterocycles. The number of aromatic nitrogens is 2. The molecule has 0 aliphatic carbocycles. The zero-order valence-electron chi connectivity index (χ0n) is 15.4. The van der Waals surface area contributed by atoms with Gasteiger partial charge in [-0.1, -0.05) is 6.07 Å². The third-order valence-corrected chi connectivity index (χ3v) is 4.44. The van der Waals surface area contributed by atoms with Crippen LogP contribution in [0.2, 0.25) is 0 Å². The van der Waals surface area contributed by atoms with E-state index in [1.807, 2.05) is 19.0 Å². The molecule has 0 spiro atoms. The van der Waals surface area contributed by atoms with E-state index in [1.54, 1.807) is 17.3 Å². The maximum atomic E-state index is 13.8. The molecule has 27 heavy (non-hydrogen) atoms. The van der Waals surface area contributed by atoms with Crippen molar-refractivity contribution >= 4 is 11.7 Å². The minimum absolute atomic E-state index is 0.104. The quantitative estimate of drug-likeness (QED) is 0.802. The highest BCUT2D eigenvalue weighted by Gasteiger charge is 2.26. The van der Waals surface area contributed by atoms with Gasteiger partial charge in [-0.25, -0.2) is 18.7 Å². The second-order valence-electron chi connectivity index (χ2n) is 6.71. The number of anilines is 1. The van der Waals surface area contributed by atoms with E-state index < -0.39 is 11.6 Å². The maximum Gasteiger partial charge on any atom is 0.257 e. The summed E-state index contributed by atoms with van der Waals surface area (Å²) in [4.78, 5) is 24.5. The first-order chi connectivity index (χ1) is 12.9. The molecular formula is C19H22F2N4O2. The second-order valence-corrected chi connectivity index (χ2v) is 6.71. The predicted octanol–water partition coefficient (Wildman–Crippen LogP) is 2.43. The van der Waals surface area contributed by atoms with Gasteiger partial charge in [0.15, 0.2) is 5.82 Å². The highest BCUT2D eigenvalue weighted by molar-refractivity contribution is 5.79. The van der Waals surface area contributed by atoms with E-state index in [-0.39, 0.29) is 24.0 Å². The number of halogens is 2. The van der Waals surface area contributed by atoms with E-state index in [1.165, 1.54) is 6.07 Å². The van der Waals surface area contributed by atoms with Gasteiger partial charge in [-0.3, -0.25) is 4.79 Å². The number of hydrogen-bond donors (Lipinski definition) is 0. The van der Waals surface area contributed by atoms with Gasteiger partial charge in [-0.15, -0.1) is 0 Å². The summed E-state index contributed by atoms with van der Waals surface area (Å²) in [6.07, 6.45) is 4.41. The Hall–Kier alpha value is -2.77. The number of nitrogens with zero attached hydrogens (tertiary/aromatic N) is 4. The minimum atomic E-state index is -0.705. The van der Waals surface area contributed by atoms with Crippen molar-refractivity contribution in [1.29, 1.82) is 0 Å². The van der Waals surface area contributed by atoms with E-state index in [0.29, 0.717) is 24.8 Å². The van der Waals surface area contributed by atoms with Gasteiger partial charge in [-0.2, -0.15) is 0 Å². The molecule has 3 rings (SSSR count). The van der Waals surface area contributed by atoms with Gasteiger partial charge in [0.05, 0.1) is 13.0 Å². The second kappa shape index (κ2) is 8.28. The number of amides is 1. The summed E-state index contributed by atoms with van der Waals surface area (Å²) in [5.41, 5.74) is 0.188. The summed E-state index contributed by atoms with van der Waals surface area (Å²) in [5.74, 6) is -0.527. The molecule has 2 heterocycles. The largest absolute Gasteiger partial charge is 0.470 e. The lowest BCUT2D eigenvalue weighted by atomic mass is 10.1. The van der Waals surface area contributed by atoms with Gasteiger partial charge < -0.3 is 14.5 Å². The molecule has 2 aromatic rings. The Morgan fingerprint density at radius 3 is 2.81 bits per heavy atom. The number of likely N-dealkylation sites (tertiary alicyclic amines) is 1. The third kappa shape index (κ3) is 4.69. The van der Waals surface area contributed by atoms with Crippen LogP contribution in [0.5, 0.6) is 5.88 Å². The number of hydrogen-bond acceptors (Lipinski definition) is 5. The van der Waals surface area contributed by atoms with Crippen LogP contribution in [0.25, 0.3) is 0 Å². The smallest absolute Gasteiger partial charge is 0.257 e. The molecular weight excluding hydrogens is 354 g/mol. The van der Waals surface area contributed by atoms with Crippen molar-refractivity contribution in [2.75, 3.05) is 32.1 Å². The van der Waals surface area contributed by atoms with Gasteiger partial charge in [-0.05, 0) is 24.5 Å². The zero-order chi connectivity index (χ0) is 19.4. The van der Waals surface area contributed by atoms with Crippen LogP contribution in [0.3, 0.4) is 0 Å². The number of carbonyl (C=O) groups is 1. The fraction of sp³-hybridized carbons (Fsp3) is 0.421. The monoisotopic (exact) mass is 376 g/mol. The fourth-order valence-corrected chi connectivity index (χ4v) is 3.07. The normalized spacial score (nSPS) is 16.9. The summed E-state index contributed by atoms with van der Waals surface area (Å²) >= 11 is 0. The lowest BCUT2D eigenvalue weighted by molar-refractivity contribution is -0.133. The Bertz CT molecular complexity index is 816. The van der Waals surface area contributed by atoms with Crippen molar-refractivity contribution in [3.05, 3.63) is 47.8 Å². The topological polar surface area (TPSA) is 58.6 Å². The Labute approximate surface area is 156 Å². The van der Waals surface area contributed by atoms with Crippen molar-refractivity contribution in [2.24, 2.45) is 0 Å². The van der Waals surface area contributed by atoms with Crippen LogP contribution in [0, 0.1) is 11.6 Å². The first kappa shape index (κ1) is 19.0. The highest BCUT2D eigenvalue weighted by Crippen LogP contribution is 2.24. The van der Waals surface area contributed by atoms with Crippen LogP contribution in [0.15, 0.2) is 30.6 Å². The van der Waals surface area contributed by atoms with Gasteiger partial charge in [0.25, 0.3) is 5.88 Å². The minimum Gasteiger partial charge on any atom is -0.470 e. The Balaban J connectivity index is 1.64. The van der Waals surface area contributed by atoms with Gasteiger partial charge in [0, 0.05) is 39.1 Å². The number of ether oxygens (including phenoxy) is 1. The first-order valence-electron chi connectivity index (χ1n) is 8.80. The van der Waals surface area contributed by atoms with Crippen LogP contribution in [0.1, 0.15) is 18.4 Å². The molecule has 0 bridgehead atoms. The molecule has 1 amide bonds. The highest BCUT2D eigenvalue weighted by atomic mass is 19.1. The standard InChI is InChI=1S/C19H22F2N4O2/c1-24(2)18-19(23-8-7-22-18)27-15-4-3-9-25(12-15)17(26)10-13-5-6-14(20)11-16(13)21/h5-8,11,15H,3-4,9-10,12H2,1-2H3. The zero-order valence-corrected chi connectivity index (χ0v) is 15.4. The van der Waals surface area contributed by atoms with E-state index in [0.717, 1.165) is 25.0 Å². The summed E-state index contributed by atoms with van der Waals surface area (Å²) in [6.45, 7) is 0.980. The van der Waals surface area contributed by atoms with Gasteiger partial charge in [0.2, 0.25) is 5.91 Å². The van der Waals surface area contributed by atoms with Crippen LogP contribution in [0.4, 0.5) is 14.6 Å². The van der Waals surface area contributed by atoms with Gasteiger partial charge in [0.1, 0.15) is 17.7 Å². The molecule has 0 saturated carbocycles. The lowest BCUT2D eigenvalue weighted by Crippen LogP contribution is -2.45. The van der Waals surface area contributed by atoms with Crippen LogP contribution in [-0.4, -0.2) is 54.1 Å². The summed E-state index contributed by atoms with van der Waals surface area (Å²) in [6, 6.07) is 3.26. The predicted molar refractivity (Wildman–Crippen MR) is 96.7 cm³/mol. The third-order valence-electron chi connectivity index (χ3n) is 4.44. The van der Waals surface area contributed by atoms with E-state index in [9.17, 15) is 13.6 Å². The number of benzene rings is 1. The van der Waals surface area contributed by atoms with Crippen LogP contribution in [-0.2, 0) is 11.2 Å². The average molecular weight is 376 g/mol. The molecule has 8 heteroatoms. The number of piperidine rings is 1. The van der Waals surface area contributed by atoms with Crippen molar-refractivity contribution in [3.8, 4) is 5.88 Å². The molecule has 0 N–H and O–H groups in total. The van der Waals surface area contributed by atoms with Crippen molar-refractivity contribution in [3.63, 3.8) is 0 Å². The Kier molecular flexibility index (Phi) is 5.83. The van der Waals surface area contributed by atoms with Crippen molar-refractivity contribution in [1.82, 2.24) is 14.9 Å². The molecule has 6 nitrogen and oxygen atoms in total. The molecule has 1 fully saturated rings. The maximum absolute atomic E-state index is 13.8. The summed E-state index contributed by atoms with van der Waals surface area (Å²) in [5, 5.41) is 0.